The standard InChI is InChI=1S/C28H38BrNO2/c1-2-3-4-5-6-7-8-9-20-30-21-10-11-26(30)22-32-27-18-14-24(15-19-27)28(31)23-12-16-25(29)17-13-23/h12-19,26H,2-11,20-22H2,1H3. The van der Waals surface area contributed by atoms with Gasteiger partial charge in [0.25, 0.3) is 0 Å². The smallest absolute Gasteiger partial charge is 0.193 e. The van der Waals surface area contributed by atoms with Gasteiger partial charge in [0.1, 0.15) is 12.4 Å². The topological polar surface area (TPSA) is 29.5 Å². The normalized spacial score (nSPS) is 16.4. The van der Waals surface area contributed by atoms with Crippen molar-refractivity contribution in [1.29, 1.82) is 0 Å². The minimum absolute atomic E-state index is 0.0383. The van der Waals surface area contributed by atoms with Crippen LogP contribution in [0.1, 0.15) is 87.1 Å². The van der Waals surface area contributed by atoms with Crippen molar-refractivity contribution in [2.45, 2.75) is 77.2 Å². The van der Waals surface area contributed by atoms with Gasteiger partial charge in [-0.05, 0) is 80.9 Å². The Morgan fingerprint density at radius 1 is 0.906 bits per heavy atom. The number of carbonyl (C=O) groups is 1. The van der Waals surface area contributed by atoms with E-state index in [0.29, 0.717) is 17.2 Å². The molecule has 1 aliphatic rings. The minimum Gasteiger partial charge on any atom is -0.492 e. The van der Waals surface area contributed by atoms with Crippen molar-refractivity contribution in [3.63, 3.8) is 0 Å². The van der Waals surface area contributed by atoms with Crippen LogP contribution in [0, 0.1) is 0 Å². The van der Waals surface area contributed by atoms with Gasteiger partial charge in [0.2, 0.25) is 0 Å². The van der Waals surface area contributed by atoms with Crippen LogP contribution in [-0.4, -0.2) is 36.4 Å². The van der Waals surface area contributed by atoms with Crippen molar-refractivity contribution < 1.29 is 9.53 Å². The number of hydrogen-bond acceptors (Lipinski definition) is 3. The summed E-state index contributed by atoms with van der Waals surface area (Å²) < 4.78 is 7.07. The molecule has 0 bridgehead atoms. The zero-order valence-corrected chi connectivity index (χ0v) is 21.1. The van der Waals surface area contributed by atoms with E-state index in [1.807, 2.05) is 48.5 Å². The third-order valence-corrected chi connectivity index (χ3v) is 6.99. The summed E-state index contributed by atoms with van der Waals surface area (Å²) in [5.41, 5.74) is 1.39. The second-order valence-corrected chi connectivity index (χ2v) is 9.89. The molecule has 0 amide bonds. The van der Waals surface area contributed by atoms with Gasteiger partial charge >= 0.3 is 0 Å². The maximum Gasteiger partial charge on any atom is 0.193 e. The van der Waals surface area contributed by atoms with Gasteiger partial charge in [0, 0.05) is 21.6 Å². The monoisotopic (exact) mass is 499 g/mol. The molecule has 1 heterocycles. The molecule has 32 heavy (non-hydrogen) atoms. The summed E-state index contributed by atoms with van der Waals surface area (Å²) in [6.45, 7) is 5.41. The second kappa shape index (κ2) is 13.8. The van der Waals surface area contributed by atoms with Crippen molar-refractivity contribution in [3.8, 4) is 5.75 Å². The molecular weight excluding hydrogens is 462 g/mol. The first-order valence-corrected chi connectivity index (χ1v) is 13.2. The average Bonchev–Trinajstić information content (AvgIpc) is 3.27. The fourth-order valence-corrected chi connectivity index (χ4v) is 4.75. The number of benzene rings is 2. The quantitative estimate of drug-likeness (QED) is 0.197. The van der Waals surface area contributed by atoms with Crippen molar-refractivity contribution in [3.05, 3.63) is 64.1 Å². The Morgan fingerprint density at radius 2 is 1.50 bits per heavy atom. The van der Waals surface area contributed by atoms with E-state index in [1.165, 1.54) is 77.3 Å². The molecule has 0 N–H and O–H groups in total. The van der Waals surface area contributed by atoms with Gasteiger partial charge in [-0.2, -0.15) is 0 Å². The highest BCUT2D eigenvalue weighted by molar-refractivity contribution is 9.10. The van der Waals surface area contributed by atoms with E-state index in [4.69, 9.17) is 4.74 Å². The first-order chi connectivity index (χ1) is 15.7. The van der Waals surface area contributed by atoms with E-state index in [2.05, 4.69) is 27.8 Å². The van der Waals surface area contributed by atoms with Crippen molar-refractivity contribution >= 4 is 21.7 Å². The van der Waals surface area contributed by atoms with E-state index < -0.39 is 0 Å². The predicted molar refractivity (Wildman–Crippen MR) is 137 cm³/mol. The molecule has 1 atom stereocenters. The maximum absolute atomic E-state index is 12.6. The molecule has 174 valence electrons. The van der Waals surface area contributed by atoms with E-state index in [-0.39, 0.29) is 5.78 Å². The summed E-state index contributed by atoms with van der Waals surface area (Å²) >= 11 is 3.41. The van der Waals surface area contributed by atoms with Crippen LogP contribution < -0.4 is 4.74 Å². The summed E-state index contributed by atoms with van der Waals surface area (Å²) in [7, 11) is 0. The first kappa shape index (κ1) is 25.0. The summed E-state index contributed by atoms with van der Waals surface area (Å²) in [6.07, 6.45) is 13.4. The molecule has 2 aromatic rings. The molecule has 2 aromatic carbocycles. The Morgan fingerprint density at radius 3 is 2.16 bits per heavy atom. The number of rotatable bonds is 14. The zero-order valence-electron chi connectivity index (χ0n) is 19.5. The Hall–Kier alpha value is -1.65. The minimum atomic E-state index is 0.0383. The molecule has 1 aliphatic heterocycles. The van der Waals surface area contributed by atoms with Gasteiger partial charge < -0.3 is 4.74 Å². The molecule has 1 saturated heterocycles. The van der Waals surface area contributed by atoms with Crippen LogP contribution in [0.3, 0.4) is 0 Å². The summed E-state index contributed by atoms with van der Waals surface area (Å²) in [5, 5.41) is 0. The van der Waals surface area contributed by atoms with Gasteiger partial charge in [0.05, 0.1) is 0 Å². The SMILES string of the molecule is CCCCCCCCCCN1CCCC1COc1ccc(C(=O)c2ccc(Br)cc2)cc1. The van der Waals surface area contributed by atoms with Gasteiger partial charge in [0.15, 0.2) is 5.78 Å². The van der Waals surface area contributed by atoms with Crippen LogP contribution in [0.15, 0.2) is 53.0 Å². The van der Waals surface area contributed by atoms with Crippen LogP contribution in [0.5, 0.6) is 5.75 Å². The highest BCUT2D eigenvalue weighted by atomic mass is 79.9. The lowest BCUT2D eigenvalue weighted by Crippen LogP contribution is -2.34. The number of likely N-dealkylation sites (tertiary alicyclic amines) is 1. The maximum atomic E-state index is 12.6. The van der Waals surface area contributed by atoms with Gasteiger partial charge in [-0.3, -0.25) is 9.69 Å². The molecular formula is C28H38BrNO2. The van der Waals surface area contributed by atoms with Crippen LogP contribution >= 0.6 is 15.9 Å². The second-order valence-electron chi connectivity index (χ2n) is 8.98. The summed E-state index contributed by atoms with van der Waals surface area (Å²) in [6, 6.07) is 15.6. The Balaban J connectivity index is 1.38. The zero-order chi connectivity index (χ0) is 22.6. The van der Waals surface area contributed by atoms with Crippen LogP contribution in [0.25, 0.3) is 0 Å². The van der Waals surface area contributed by atoms with E-state index in [0.717, 1.165) is 16.8 Å². The fraction of sp³-hybridized carbons (Fsp3) is 0.536. The molecule has 1 unspecified atom stereocenters. The van der Waals surface area contributed by atoms with Crippen molar-refractivity contribution in [2.24, 2.45) is 0 Å². The summed E-state index contributed by atoms with van der Waals surface area (Å²) in [4.78, 5) is 15.2. The number of hydrogen-bond donors (Lipinski definition) is 0. The molecule has 1 fully saturated rings. The molecule has 0 spiro atoms. The number of carbonyl (C=O) groups excluding carboxylic acids is 1. The molecule has 3 nitrogen and oxygen atoms in total. The number of nitrogens with zero attached hydrogens (tertiary/aromatic N) is 1. The third-order valence-electron chi connectivity index (χ3n) is 6.46. The Labute approximate surface area is 202 Å². The lowest BCUT2D eigenvalue weighted by atomic mass is 10.0. The number of ether oxygens (including phenoxy) is 1. The predicted octanol–water partition coefficient (Wildman–Crippen LogP) is 7.66. The Bertz CT molecular complexity index is 803. The van der Waals surface area contributed by atoms with Crippen LogP contribution in [0.2, 0.25) is 0 Å². The van der Waals surface area contributed by atoms with E-state index in [9.17, 15) is 4.79 Å². The Kier molecular flexibility index (Phi) is 10.8. The number of ketones is 1. The molecule has 0 radical (unpaired) electrons. The van der Waals surface area contributed by atoms with Crippen molar-refractivity contribution in [1.82, 2.24) is 4.90 Å². The summed E-state index contributed by atoms with van der Waals surface area (Å²) in [5.74, 6) is 0.882. The largest absolute Gasteiger partial charge is 0.492 e. The van der Waals surface area contributed by atoms with E-state index >= 15 is 0 Å². The van der Waals surface area contributed by atoms with Crippen molar-refractivity contribution in [2.75, 3.05) is 19.7 Å². The first-order valence-electron chi connectivity index (χ1n) is 12.4. The fourth-order valence-electron chi connectivity index (χ4n) is 4.49. The molecule has 0 saturated carbocycles. The highest BCUT2D eigenvalue weighted by Crippen LogP contribution is 2.22. The van der Waals surface area contributed by atoms with Gasteiger partial charge in [-0.15, -0.1) is 0 Å². The van der Waals surface area contributed by atoms with Gasteiger partial charge in [-0.25, -0.2) is 0 Å². The van der Waals surface area contributed by atoms with E-state index in [1.54, 1.807) is 0 Å². The molecule has 0 aromatic heterocycles. The molecule has 3 rings (SSSR count). The number of unbranched alkanes of at least 4 members (excludes halogenated alkanes) is 7. The molecule has 0 aliphatic carbocycles. The number of halogens is 1. The van der Waals surface area contributed by atoms with Gasteiger partial charge in [-0.1, -0.05) is 67.8 Å². The lowest BCUT2D eigenvalue weighted by molar-refractivity contribution is 0.103. The lowest BCUT2D eigenvalue weighted by Gasteiger charge is -2.24. The molecule has 4 heteroatoms. The van der Waals surface area contributed by atoms with Crippen LogP contribution in [-0.2, 0) is 0 Å². The third kappa shape index (κ3) is 8.04. The highest BCUT2D eigenvalue weighted by Gasteiger charge is 2.24. The average molecular weight is 501 g/mol. The van der Waals surface area contributed by atoms with Crippen LogP contribution in [0.4, 0.5) is 0 Å².